The number of pyridine rings is 1. The van der Waals surface area contributed by atoms with Crippen LogP contribution in [-0.4, -0.2) is 11.1 Å². The smallest absolute Gasteiger partial charge is 0.280 e. The number of rotatable bonds is 3. The lowest BCUT2D eigenvalue weighted by atomic mass is 10.1. The van der Waals surface area contributed by atoms with Gasteiger partial charge in [0, 0.05) is 11.1 Å². The summed E-state index contributed by atoms with van der Waals surface area (Å²) in [5.74, 6) is 0.649. The van der Waals surface area contributed by atoms with Gasteiger partial charge in [-0.05, 0) is 38.1 Å². The Bertz CT molecular complexity index is 570. The van der Waals surface area contributed by atoms with Gasteiger partial charge in [0.2, 0.25) is 0 Å². The molecular weight excluding hydrogens is 238 g/mol. The zero-order valence-corrected chi connectivity index (χ0v) is 10.2. The van der Waals surface area contributed by atoms with E-state index in [0.29, 0.717) is 16.7 Å². The van der Waals surface area contributed by atoms with Gasteiger partial charge >= 0.3 is 0 Å². The molecule has 0 fully saturated rings. The molecule has 1 aromatic carbocycles. The van der Waals surface area contributed by atoms with Gasteiger partial charge in [0.05, 0.1) is 11.6 Å². The van der Waals surface area contributed by atoms with Crippen molar-refractivity contribution in [3.05, 3.63) is 30.0 Å². The van der Waals surface area contributed by atoms with E-state index < -0.39 is 6.43 Å². The molecule has 2 aromatic rings. The number of alkyl halides is 2. The Kier molecular flexibility index (Phi) is 3.32. The Hall–Kier alpha value is -1.91. The van der Waals surface area contributed by atoms with E-state index in [1.54, 1.807) is 18.2 Å². The van der Waals surface area contributed by atoms with Gasteiger partial charge in [-0.2, -0.15) is 0 Å². The number of nitrogens with zero attached hydrogens (tertiary/aromatic N) is 1. The lowest BCUT2D eigenvalue weighted by molar-refractivity contribution is 0.146. The van der Waals surface area contributed by atoms with Gasteiger partial charge in [0.1, 0.15) is 11.4 Å². The minimum atomic E-state index is -2.62. The predicted octanol–water partition coefficient (Wildman–Crippen LogP) is 3.54. The first kappa shape index (κ1) is 12.5. The molecule has 0 aliphatic carbocycles. The highest BCUT2D eigenvalue weighted by atomic mass is 19.3. The Morgan fingerprint density at radius 2 is 1.94 bits per heavy atom. The SMILES string of the molecule is CC(C)Oc1ccc2nc(C(F)F)cc(N)c2c1. The van der Waals surface area contributed by atoms with Gasteiger partial charge in [-0.15, -0.1) is 0 Å². The minimum Gasteiger partial charge on any atom is -0.491 e. The van der Waals surface area contributed by atoms with E-state index in [4.69, 9.17) is 10.5 Å². The lowest BCUT2D eigenvalue weighted by Gasteiger charge is -2.11. The normalized spacial score (nSPS) is 11.4. The zero-order valence-electron chi connectivity index (χ0n) is 10.2. The third kappa shape index (κ3) is 2.50. The number of anilines is 1. The second-order valence-electron chi connectivity index (χ2n) is 4.28. The van der Waals surface area contributed by atoms with Crippen molar-refractivity contribution in [3.8, 4) is 5.75 Å². The van der Waals surface area contributed by atoms with Gasteiger partial charge in [-0.3, -0.25) is 0 Å². The van der Waals surface area contributed by atoms with Crippen molar-refractivity contribution in [1.29, 1.82) is 0 Å². The fourth-order valence-corrected chi connectivity index (χ4v) is 1.71. The van der Waals surface area contributed by atoms with Crippen molar-refractivity contribution in [2.24, 2.45) is 0 Å². The molecule has 0 bridgehead atoms. The van der Waals surface area contributed by atoms with Crippen LogP contribution in [0.1, 0.15) is 26.0 Å². The summed E-state index contributed by atoms with van der Waals surface area (Å²) in [6, 6.07) is 6.25. The van der Waals surface area contributed by atoms with Gasteiger partial charge in [0.15, 0.2) is 0 Å². The van der Waals surface area contributed by atoms with Crippen LogP contribution in [0.5, 0.6) is 5.75 Å². The van der Waals surface area contributed by atoms with E-state index >= 15 is 0 Å². The lowest BCUT2D eigenvalue weighted by Crippen LogP contribution is -2.05. The number of hydrogen-bond acceptors (Lipinski definition) is 3. The number of ether oxygens (including phenoxy) is 1. The molecule has 1 aromatic heterocycles. The van der Waals surface area contributed by atoms with Crippen LogP contribution < -0.4 is 10.5 Å². The van der Waals surface area contributed by atoms with Crippen molar-refractivity contribution in [3.63, 3.8) is 0 Å². The fraction of sp³-hybridized carbons (Fsp3) is 0.308. The van der Waals surface area contributed by atoms with Crippen LogP contribution in [0.3, 0.4) is 0 Å². The molecule has 0 saturated carbocycles. The molecule has 0 spiro atoms. The molecule has 0 amide bonds. The largest absolute Gasteiger partial charge is 0.491 e. The average Bonchev–Trinajstić information content (AvgIpc) is 2.28. The van der Waals surface area contributed by atoms with Crippen molar-refractivity contribution in [2.75, 3.05) is 5.73 Å². The van der Waals surface area contributed by atoms with Gasteiger partial charge in [-0.25, -0.2) is 13.8 Å². The summed E-state index contributed by atoms with van der Waals surface area (Å²) in [5, 5.41) is 0.623. The summed E-state index contributed by atoms with van der Waals surface area (Å²) in [5.41, 5.74) is 6.19. The van der Waals surface area contributed by atoms with E-state index in [0.717, 1.165) is 0 Å². The summed E-state index contributed by atoms with van der Waals surface area (Å²) in [4.78, 5) is 3.87. The third-order valence-corrected chi connectivity index (χ3v) is 2.43. The zero-order chi connectivity index (χ0) is 13.3. The molecule has 18 heavy (non-hydrogen) atoms. The Balaban J connectivity index is 2.51. The first-order chi connectivity index (χ1) is 8.47. The van der Waals surface area contributed by atoms with Crippen molar-refractivity contribution in [2.45, 2.75) is 26.4 Å². The number of benzene rings is 1. The molecule has 3 nitrogen and oxygen atoms in total. The maximum atomic E-state index is 12.6. The molecule has 0 radical (unpaired) electrons. The van der Waals surface area contributed by atoms with E-state index in [9.17, 15) is 8.78 Å². The van der Waals surface area contributed by atoms with Crippen molar-refractivity contribution in [1.82, 2.24) is 4.98 Å². The first-order valence-electron chi connectivity index (χ1n) is 5.62. The monoisotopic (exact) mass is 252 g/mol. The van der Waals surface area contributed by atoms with Crippen LogP contribution in [0.25, 0.3) is 10.9 Å². The van der Waals surface area contributed by atoms with Gasteiger partial charge in [0.25, 0.3) is 6.43 Å². The van der Waals surface area contributed by atoms with Crippen LogP contribution in [0, 0.1) is 0 Å². The summed E-state index contributed by atoms with van der Waals surface area (Å²) >= 11 is 0. The van der Waals surface area contributed by atoms with E-state index in [1.807, 2.05) is 13.8 Å². The Labute approximate surface area is 104 Å². The van der Waals surface area contributed by atoms with Crippen molar-refractivity contribution >= 4 is 16.6 Å². The predicted molar refractivity (Wildman–Crippen MR) is 66.9 cm³/mol. The summed E-state index contributed by atoms with van der Waals surface area (Å²) in [7, 11) is 0. The molecule has 1 heterocycles. The molecule has 0 aliphatic rings. The van der Waals surface area contributed by atoms with E-state index in [2.05, 4.69) is 4.98 Å². The van der Waals surface area contributed by atoms with Crippen LogP contribution >= 0.6 is 0 Å². The second-order valence-corrected chi connectivity index (χ2v) is 4.28. The quantitative estimate of drug-likeness (QED) is 0.908. The minimum absolute atomic E-state index is 0.0389. The molecule has 2 N–H and O–H groups in total. The Morgan fingerprint density at radius 1 is 1.22 bits per heavy atom. The van der Waals surface area contributed by atoms with Crippen LogP contribution in [0.15, 0.2) is 24.3 Å². The number of halogens is 2. The second kappa shape index (κ2) is 4.76. The van der Waals surface area contributed by atoms with Gasteiger partial charge < -0.3 is 10.5 Å². The number of hydrogen-bond donors (Lipinski definition) is 1. The number of fused-ring (bicyclic) bond motifs is 1. The van der Waals surface area contributed by atoms with Crippen LogP contribution in [-0.2, 0) is 0 Å². The molecule has 0 unspecified atom stereocenters. The molecule has 0 aliphatic heterocycles. The summed E-state index contributed by atoms with van der Waals surface area (Å²) in [6.45, 7) is 3.82. The van der Waals surface area contributed by atoms with Gasteiger partial charge in [-0.1, -0.05) is 0 Å². The maximum Gasteiger partial charge on any atom is 0.280 e. The van der Waals surface area contributed by atoms with Crippen LogP contribution in [0.4, 0.5) is 14.5 Å². The molecule has 0 saturated heterocycles. The molecule has 96 valence electrons. The highest BCUT2D eigenvalue weighted by Gasteiger charge is 2.12. The molecule has 0 atom stereocenters. The molecule has 2 rings (SSSR count). The van der Waals surface area contributed by atoms with E-state index in [1.165, 1.54) is 6.07 Å². The standard InChI is InChI=1S/C13H14F2N2O/c1-7(2)18-8-3-4-11-9(5-8)10(16)6-12(17-11)13(14)15/h3-7,13H,1-2H3,(H2,16,17). The third-order valence-electron chi connectivity index (χ3n) is 2.43. The highest BCUT2D eigenvalue weighted by molar-refractivity contribution is 5.91. The van der Waals surface area contributed by atoms with E-state index in [-0.39, 0.29) is 17.5 Å². The summed E-state index contributed by atoms with van der Waals surface area (Å²) in [6.07, 6.45) is -2.58. The number of aromatic nitrogens is 1. The summed E-state index contributed by atoms with van der Waals surface area (Å²) < 4.78 is 30.7. The first-order valence-corrected chi connectivity index (χ1v) is 5.62. The van der Waals surface area contributed by atoms with Crippen LogP contribution in [0.2, 0.25) is 0 Å². The van der Waals surface area contributed by atoms with Crippen molar-refractivity contribution < 1.29 is 13.5 Å². The number of nitrogens with two attached hydrogens (primary N) is 1. The average molecular weight is 252 g/mol. The molecule has 5 heteroatoms. The maximum absolute atomic E-state index is 12.6. The number of nitrogen functional groups attached to an aromatic ring is 1. The Morgan fingerprint density at radius 3 is 2.56 bits per heavy atom. The fourth-order valence-electron chi connectivity index (χ4n) is 1.71. The molecular formula is C13H14F2N2O. The highest BCUT2D eigenvalue weighted by Crippen LogP contribution is 2.28. The topological polar surface area (TPSA) is 48.1 Å².